The Morgan fingerprint density at radius 2 is 1.61 bits per heavy atom. The molecular weight excluding hydrogens is 284 g/mol. The highest BCUT2D eigenvalue weighted by atomic mass is 16.2. The highest BCUT2D eigenvalue weighted by molar-refractivity contribution is 6.18. The van der Waals surface area contributed by atoms with Crippen LogP contribution in [-0.2, 0) is 4.79 Å². The number of carbonyl (C=O) groups excluding carboxylic acids is 1. The van der Waals surface area contributed by atoms with Gasteiger partial charge in [0.15, 0.2) is 0 Å². The van der Waals surface area contributed by atoms with Crippen molar-refractivity contribution in [3.05, 3.63) is 84.0 Å². The highest BCUT2D eigenvalue weighted by Gasteiger charge is 2.36. The Morgan fingerprint density at radius 3 is 2.17 bits per heavy atom. The van der Waals surface area contributed by atoms with Crippen LogP contribution in [0.5, 0.6) is 0 Å². The topological polar surface area (TPSA) is 44.1 Å². The minimum Gasteiger partial charge on any atom is -0.301 e. The normalized spacial score (nSPS) is 18.1. The average Bonchev–Trinajstić information content (AvgIpc) is 2.59. The Hall–Kier alpha value is -3.12. The van der Waals surface area contributed by atoms with E-state index in [4.69, 9.17) is 0 Å². The molecule has 3 nitrogen and oxygen atoms in total. The molecule has 3 rings (SSSR count). The quantitative estimate of drug-likeness (QED) is 0.842. The van der Waals surface area contributed by atoms with Crippen molar-refractivity contribution in [1.82, 2.24) is 0 Å². The molecular formula is C20H16N2O. The van der Waals surface area contributed by atoms with Gasteiger partial charge in [0.2, 0.25) is 0 Å². The van der Waals surface area contributed by atoms with Crippen LogP contribution in [0, 0.1) is 11.3 Å². The van der Waals surface area contributed by atoms with E-state index in [1.807, 2.05) is 67.6 Å². The van der Waals surface area contributed by atoms with Gasteiger partial charge in [0.1, 0.15) is 11.6 Å². The molecule has 0 spiro atoms. The van der Waals surface area contributed by atoms with E-state index in [1.54, 1.807) is 4.90 Å². The summed E-state index contributed by atoms with van der Waals surface area (Å²) >= 11 is 0. The zero-order chi connectivity index (χ0) is 16.4. The third-order valence-corrected chi connectivity index (χ3v) is 4.10. The molecule has 0 aromatic heterocycles. The van der Waals surface area contributed by atoms with Crippen LogP contribution in [-0.4, -0.2) is 11.9 Å². The van der Waals surface area contributed by atoms with E-state index in [0.717, 1.165) is 16.8 Å². The Morgan fingerprint density at radius 1 is 1.04 bits per heavy atom. The summed E-state index contributed by atoms with van der Waals surface area (Å²) in [6.07, 6.45) is 0. The number of hydrogen-bond acceptors (Lipinski definition) is 2. The van der Waals surface area contributed by atoms with Gasteiger partial charge in [0.25, 0.3) is 5.91 Å². The maximum absolute atomic E-state index is 12.9. The number of anilines is 1. The van der Waals surface area contributed by atoms with Gasteiger partial charge in [-0.25, -0.2) is 0 Å². The van der Waals surface area contributed by atoms with Crippen molar-refractivity contribution in [3.63, 3.8) is 0 Å². The van der Waals surface area contributed by atoms with Crippen molar-refractivity contribution in [3.8, 4) is 6.07 Å². The standard InChI is InChI=1S/C20H16N2O/c1-14-15(2)22(17-11-7-4-8-12-17)20(23)18(13-21)19(14)16-9-5-3-6-10-16/h3-12,15H,1H2,2H3. The molecule has 1 atom stereocenters. The summed E-state index contributed by atoms with van der Waals surface area (Å²) in [6, 6.07) is 20.7. The molecule has 0 saturated carbocycles. The molecule has 112 valence electrons. The third kappa shape index (κ3) is 2.45. The lowest BCUT2D eigenvalue weighted by molar-refractivity contribution is -0.115. The van der Waals surface area contributed by atoms with Crippen molar-refractivity contribution in [1.29, 1.82) is 5.26 Å². The van der Waals surface area contributed by atoms with Crippen molar-refractivity contribution >= 4 is 17.2 Å². The molecule has 2 aromatic carbocycles. The Kier molecular flexibility index (Phi) is 3.82. The fourth-order valence-electron chi connectivity index (χ4n) is 2.90. The first kappa shape index (κ1) is 14.8. The lowest BCUT2D eigenvalue weighted by Gasteiger charge is -2.36. The smallest absolute Gasteiger partial charge is 0.270 e. The van der Waals surface area contributed by atoms with Gasteiger partial charge in [0.05, 0.1) is 6.04 Å². The molecule has 0 aliphatic carbocycles. The first-order valence-electron chi connectivity index (χ1n) is 7.42. The minimum atomic E-state index is -0.280. The van der Waals surface area contributed by atoms with Crippen LogP contribution < -0.4 is 4.90 Å². The van der Waals surface area contributed by atoms with Crippen molar-refractivity contribution in [2.75, 3.05) is 4.90 Å². The predicted octanol–water partition coefficient (Wildman–Crippen LogP) is 3.96. The molecule has 1 aliphatic heterocycles. The van der Waals surface area contributed by atoms with Gasteiger partial charge in [0, 0.05) is 11.3 Å². The number of nitriles is 1. The number of benzene rings is 2. The maximum Gasteiger partial charge on any atom is 0.270 e. The molecule has 1 unspecified atom stereocenters. The SMILES string of the molecule is C=C1C(c2ccccc2)=C(C#N)C(=O)N(c2ccccc2)C1C. The molecule has 0 saturated heterocycles. The Labute approximate surface area is 135 Å². The fourth-order valence-corrected chi connectivity index (χ4v) is 2.90. The molecule has 1 heterocycles. The zero-order valence-electron chi connectivity index (χ0n) is 12.9. The molecule has 0 N–H and O–H groups in total. The number of para-hydroxylation sites is 1. The van der Waals surface area contributed by atoms with E-state index in [2.05, 4.69) is 12.6 Å². The summed E-state index contributed by atoms with van der Waals surface area (Å²) in [5.74, 6) is -0.280. The largest absolute Gasteiger partial charge is 0.301 e. The summed E-state index contributed by atoms with van der Waals surface area (Å²) in [7, 11) is 0. The second-order valence-electron chi connectivity index (χ2n) is 5.44. The lowest BCUT2D eigenvalue weighted by Crippen LogP contribution is -2.44. The van der Waals surface area contributed by atoms with Gasteiger partial charge in [-0.05, 0) is 30.2 Å². The van der Waals surface area contributed by atoms with E-state index < -0.39 is 0 Å². The molecule has 2 aromatic rings. The molecule has 3 heteroatoms. The van der Waals surface area contributed by atoms with E-state index in [9.17, 15) is 10.1 Å². The minimum absolute atomic E-state index is 0.142. The first-order chi connectivity index (χ1) is 11.1. The lowest BCUT2D eigenvalue weighted by atomic mass is 9.85. The van der Waals surface area contributed by atoms with Crippen LogP contribution >= 0.6 is 0 Å². The summed E-state index contributed by atoms with van der Waals surface area (Å²) in [5.41, 5.74) is 3.19. The molecule has 0 fully saturated rings. The number of carbonyl (C=O) groups is 1. The Balaban J connectivity index is 2.18. The van der Waals surface area contributed by atoms with E-state index in [0.29, 0.717) is 5.57 Å². The highest BCUT2D eigenvalue weighted by Crippen LogP contribution is 2.37. The van der Waals surface area contributed by atoms with Crippen LogP contribution in [0.4, 0.5) is 5.69 Å². The zero-order valence-corrected chi connectivity index (χ0v) is 12.9. The van der Waals surface area contributed by atoms with Crippen LogP contribution in [0.2, 0.25) is 0 Å². The summed E-state index contributed by atoms with van der Waals surface area (Å²) in [5, 5.41) is 9.57. The fraction of sp³-hybridized carbons (Fsp3) is 0.100. The second-order valence-corrected chi connectivity index (χ2v) is 5.44. The number of nitrogens with zero attached hydrogens (tertiary/aromatic N) is 2. The van der Waals surface area contributed by atoms with Gasteiger partial charge in [-0.1, -0.05) is 55.1 Å². The predicted molar refractivity (Wildman–Crippen MR) is 91.5 cm³/mol. The number of amides is 1. The third-order valence-electron chi connectivity index (χ3n) is 4.10. The number of rotatable bonds is 2. The Bertz CT molecular complexity index is 829. The van der Waals surface area contributed by atoms with Gasteiger partial charge < -0.3 is 4.90 Å². The van der Waals surface area contributed by atoms with Crippen LogP contribution in [0.3, 0.4) is 0 Å². The van der Waals surface area contributed by atoms with Crippen molar-refractivity contribution in [2.24, 2.45) is 0 Å². The molecule has 23 heavy (non-hydrogen) atoms. The monoisotopic (exact) mass is 300 g/mol. The van der Waals surface area contributed by atoms with Gasteiger partial charge in [-0.2, -0.15) is 5.26 Å². The second kappa shape index (κ2) is 5.94. The van der Waals surface area contributed by atoms with Crippen LogP contribution in [0.1, 0.15) is 12.5 Å². The van der Waals surface area contributed by atoms with Gasteiger partial charge >= 0.3 is 0 Å². The average molecular weight is 300 g/mol. The van der Waals surface area contributed by atoms with E-state index in [-0.39, 0.29) is 17.5 Å². The maximum atomic E-state index is 12.9. The molecule has 1 amide bonds. The van der Waals surface area contributed by atoms with Gasteiger partial charge in [-0.3, -0.25) is 4.79 Å². The summed E-state index contributed by atoms with van der Waals surface area (Å²) in [4.78, 5) is 14.5. The van der Waals surface area contributed by atoms with E-state index in [1.165, 1.54) is 0 Å². The van der Waals surface area contributed by atoms with Crippen LogP contribution in [0.25, 0.3) is 5.57 Å². The molecule has 0 bridgehead atoms. The number of hydrogen-bond donors (Lipinski definition) is 0. The summed E-state index contributed by atoms with van der Waals surface area (Å²) < 4.78 is 0. The van der Waals surface area contributed by atoms with Crippen molar-refractivity contribution in [2.45, 2.75) is 13.0 Å². The summed E-state index contributed by atoms with van der Waals surface area (Å²) in [6.45, 7) is 6.09. The van der Waals surface area contributed by atoms with Crippen molar-refractivity contribution < 1.29 is 4.79 Å². The first-order valence-corrected chi connectivity index (χ1v) is 7.42. The van der Waals surface area contributed by atoms with Crippen LogP contribution in [0.15, 0.2) is 78.4 Å². The van der Waals surface area contributed by atoms with E-state index >= 15 is 0 Å². The molecule has 0 radical (unpaired) electrons. The van der Waals surface area contributed by atoms with Gasteiger partial charge in [-0.15, -0.1) is 0 Å². The molecule has 1 aliphatic rings.